The minimum absolute atomic E-state index is 0.0192. The van der Waals surface area contributed by atoms with Crippen molar-refractivity contribution in [3.63, 3.8) is 0 Å². The van der Waals surface area contributed by atoms with Crippen LogP contribution in [0.4, 0.5) is 14.6 Å². The summed E-state index contributed by atoms with van der Waals surface area (Å²) in [6.07, 6.45) is 8.65. The molecule has 5 atom stereocenters. The lowest BCUT2D eigenvalue weighted by atomic mass is 9.94. The number of hydrogen-bond acceptors (Lipinski definition) is 9. The van der Waals surface area contributed by atoms with Crippen LogP contribution in [0.25, 0.3) is 32.9 Å². The van der Waals surface area contributed by atoms with Gasteiger partial charge in [0.15, 0.2) is 5.82 Å². The molecule has 12 heteroatoms. The van der Waals surface area contributed by atoms with E-state index in [2.05, 4.69) is 25.1 Å². The third-order valence-corrected chi connectivity index (χ3v) is 11.9. The number of phenolic OH excluding ortho intramolecular Hbond substituents is 1. The van der Waals surface area contributed by atoms with E-state index < -0.39 is 22.4 Å². The van der Waals surface area contributed by atoms with Gasteiger partial charge in [-0.15, -0.1) is 0 Å². The number of nitrogens with zero attached hydrogens (tertiary/aromatic N) is 5. The molecule has 4 aliphatic heterocycles. The Balaban J connectivity index is 1.25. The molecule has 0 aliphatic carbocycles. The monoisotopic (exact) mass is 648 g/mol. The Labute approximate surface area is 268 Å². The largest absolute Gasteiger partial charge is 0.508 e. The zero-order valence-corrected chi connectivity index (χ0v) is 26.9. The Morgan fingerprint density at radius 3 is 2.72 bits per heavy atom. The number of benzene rings is 2. The van der Waals surface area contributed by atoms with Gasteiger partial charge in [0.05, 0.1) is 10.9 Å². The fourth-order valence-electron chi connectivity index (χ4n) is 8.41. The van der Waals surface area contributed by atoms with E-state index in [4.69, 9.17) is 9.72 Å². The molecule has 6 heterocycles. The standard InChI is InChI=1S/C34H38F2N6O3S/c1-3-24-27(35)8-5-19-11-22(43)12-25(28(19)24)30-29(36)31-26(14-37-30)32(41-15-20-6-7-21(16-41)38-20)40-33(39-31)45-18-34-9-4-10-42(34)17-23(13-34)46(2)44/h5,8,11-12,14,20-21,23,38,43H,3-4,6-7,9-10,13,15-18H2,1-2H3. The second-order valence-corrected chi connectivity index (χ2v) is 15.1. The SMILES string of the molecule is CCc1c(F)ccc2cc(O)cc(-c3ncc4c(N5CC6CCC(C5)N6)nc(OCC56CCCN5CC(S(C)=O)C6)nc4c3F)c12. The molecule has 4 aliphatic rings. The first kappa shape index (κ1) is 29.9. The molecule has 2 aromatic carbocycles. The van der Waals surface area contributed by atoms with Crippen molar-refractivity contribution in [3.05, 3.63) is 47.7 Å². The third kappa shape index (κ3) is 4.91. The second kappa shape index (κ2) is 11.3. The molecule has 2 bridgehead atoms. The maximum absolute atomic E-state index is 16.9. The molecule has 8 rings (SSSR count). The maximum Gasteiger partial charge on any atom is 0.319 e. The summed E-state index contributed by atoms with van der Waals surface area (Å²) >= 11 is 0. The molecular weight excluding hydrogens is 610 g/mol. The van der Waals surface area contributed by atoms with E-state index in [9.17, 15) is 13.7 Å². The maximum atomic E-state index is 16.9. The van der Waals surface area contributed by atoms with E-state index in [1.807, 2.05) is 6.92 Å². The summed E-state index contributed by atoms with van der Waals surface area (Å²) in [4.78, 5) is 18.7. The molecule has 2 aromatic heterocycles. The van der Waals surface area contributed by atoms with Crippen molar-refractivity contribution in [1.29, 1.82) is 0 Å². The average Bonchev–Trinajstić information content (AvgIpc) is 3.71. The number of halogens is 2. The van der Waals surface area contributed by atoms with Gasteiger partial charge in [0.2, 0.25) is 0 Å². The number of anilines is 1. The summed E-state index contributed by atoms with van der Waals surface area (Å²) in [6.45, 7) is 5.34. The van der Waals surface area contributed by atoms with Crippen LogP contribution in [0.5, 0.6) is 11.8 Å². The molecule has 0 saturated carbocycles. The normalized spacial score (nSPS) is 26.7. The molecule has 5 unspecified atom stereocenters. The highest BCUT2D eigenvalue weighted by Gasteiger charge is 2.50. The number of hydrogen-bond donors (Lipinski definition) is 2. The number of aromatic hydroxyl groups is 1. The van der Waals surface area contributed by atoms with Crippen LogP contribution < -0.4 is 15.0 Å². The van der Waals surface area contributed by atoms with Crippen LogP contribution in [0.3, 0.4) is 0 Å². The van der Waals surface area contributed by atoms with Crippen LogP contribution in [0.2, 0.25) is 0 Å². The topological polar surface area (TPSA) is 104 Å². The van der Waals surface area contributed by atoms with E-state index in [1.165, 1.54) is 12.1 Å². The van der Waals surface area contributed by atoms with Crippen LogP contribution in [0.15, 0.2) is 30.5 Å². The van der Waals surface area contributed by atoms with Crippen LogP contribution in [0, 0.1) is 11.6 Å². The fourth-order valence-corrected chi connectivity index (χ4v) is 9.34. The summed E-state index contributed by atoms with van der Waals surface area (Å²) in [5, 5.41) is 15.9. The Morgan fingerprint density at radius 2 is 1.96 bits per heavy atom. The number of aryl methyl sites for hydroxylation is 1. The summed E-state index contributed by atoms with van der Waals surface area (Å²) in [5.41, 5.74) is 0.543. The van der Waals surface area contributed by atoms with Gasteiger partial charge in [0.1, 0.15) is 35.2 Å². The number of nitrogens with one attached hydrogen (secondary N) is 1. The van der Waals surface area contributed by atoms with Crippen LogP contribution >= 0.6 is 0 Å². The highest BCUT2D eigenvalue weighted by atomic mass is 32.2. The second-order valence-electron chi connectivity index (χ2n) is 13.4. The van der Waals surface area contributed by atoms with Crippen LogP contribution in [-0.4, -0.2) is 91.1 Å². The van der Waals surface area contributed by atoms with Gasteiger partial charge in [0.25, 0.3) is 0 Å². The lowest BCUT2D eigenvalue weighted by Gasteiger charge is -2.34. The lowest BCUT2D eigenvalue weighted by molar-refractivity contribution is 0.108. The highest BCUT2D eigenvalue weighted by molar-refractivity contribution is 7.84. The van der Waals surface area contributed by atoms with Crippen molar-refractivity contribution in [2.24, 2.45) is 0 Å². The Kier molecular flexibility index (Phi) is 7.37. The average molecular weight is 649 g/mol. The van der Waals surface area contributed by atoms with Crippen molar-refractivity contribution >= 4 is 38.3 Å². The van der Waals surface area contributed by atoms with E-state index in [1.54, 1.807) is 24.6 Å². The van der Waals surface area contributed by atoms with Gasteiger partial charge in [-0.05, 0) is 79.6 Å². The van der Waals surface area contributed by atoms with E-state index in [-0.39, 0.29) is 33.8 Å². The first-order valence-corrected chi connectivity index (χ1v) is 17.9. The number of aromatic nitrogens is 3. The van der Waals surface area contributed by atoms with Gasteiger partial charge in [-0.25, -0.2) is 8.78 Å². The lowest BCUT2D eigenvalue weighted by Crippen LogP contribution is -2.51. The van der Waals surface area contributed by atoms with Gasteiger partial charge in [-0.2, -0.15) is 9.97 Å². The van der Waals surface area contributed by atoms with E-state index >= 15 is 4.39 Å². The Hall–Kier alpha value is -3.48. The quantitative estimate of drug-likeness (QED) is 0.295. The minimum Gasteiger partial charge on any atom is -0.508 e. The Morgan fingerprint density at radius 1 is 1.15 bits per heavy atom. The molecule has 0 spiro atoms. The van der Waals surface area contributed by atoms with Crippen molar-refractivity contribution in [2.45, 2.75) is 68.3 Å². The molecule has 0 amide bonds. The Bertz CT molecular complexity index is 1880. The van der Waals surface area contributed by atoms with Crippen LogP contribution in [0.1, 0.15) is 44.6 Å². The molecule has 0 radical (unpaired) electrons. The van der Waals surface area contributed by atoms with E-state index in [0.29, 0.717) is 58.2 Å². The highest BCUT2D eigenvalue weighted by Crippen LogP contribution is 2.42. The zero-order valence-electron chi connectivity index (χ0n) is 26.1. The minimum atomic E-state index is -0.930. The van der Waals surface area contributed by atoms with Crippen molar-refractivity contribution < 1.29 is 22.8 Å². The molecule has 2 N–H and O–H groups in total. The third-order valence-electron chi connectivity index (χ3n) is 10.6. The summed E-state index contributed by atoms with van der Waals surface area (Å²) in [7, 11) is -0.930. The summed E-state index contributed by atoms with van der Waals surface area (Å²) in [6, 6.07) is 6.68. The van der Waals surface area contributed by atoms with Gasteiger partial charge in [0, 0.05) is 65.8 Å². The number of piperazine rings is 1. The molecule has 242 valence electrons. The molecular formula is C34H38F2N6O3S. The van der Waals surface area contributed by atoms with Gasteiger partial charge in [-0.3, -0.25) is 14.1 Å². The zero-order chi connectivity index (χ0) is 31.7. The molecule has 4 saturated heterocycles. The van der Waals surface area contributed by atoms with Gasteiger partial charge < -0.3 is 20.1 Å². The first-order valence-electron chi connectivity index (χ1n) is 16.2. The molecule has 4 aromatic rings. The number of fused-ring (bicyclic) bond motifs is 5. The van der Waals surface area contributed by atoms with Crippen molar-refractivity contribution in [3.8, 4) is 23.0 Å². The predicted octanol–water partition coefficient (Wildman–Crippen LogP) is 4.70. The molecule has 46 heavy (non-hydrogen) atoms. The van der Waals surface area contributed by atoms with Crippen LogP contribution in [-0.2, 0) is 17.2 Å². The van der Waals surface area contributed by atoms with Crippen molar-refractivity contribution in [1.82, 2.24) is 25.2 Å². The van der Waals surface area contributed by atoms with Gasteiger partial charge in [-0.1, -0.05) is 13.0 Å². The number of pyridine rings is 1. The van der Waals surface area contributed by atoms with Gasteiger partial charge >= 0.3 is 6.01 Å². The first-order chi connectivity index (χ1) is 22.2. The summed E-state index contributed by atoms with van der Waals surface area (Å²) < 4.78 is 50.6. The smallest absolute Gasteiger partial charge is 0.319 e. The fraction of sp³-hybridized carbons (Fsp3) is 0.500. The predicted molar refractivity (Wildman–Crippen MR) is 175 cm³/mol. The summed E-state index contributed by atoms with van der Waals surface area (Å²) in [5.74, 6) is -0.551. The molecule has 4 fully saturated rings. The molecule has 9 nitrogen and oxygen atoms in total. The van der Waals surface area contributed by atoms with E-state index in [0.717, 1.165) is 58.3 Å². The number of rotatable bonds is 7. The van der Waals surface area contributed by atoms with Crippen molar-refractivity contribution in [2.75, 3.05) is 43.9 Å². The number of ether oxygens (including phenoxy) is 1. The number of phenols is 1.